The lowest BCUT2D eigenvalue weighted by Crippen LogP contribution is -2.46. The quantitative estimate of drug-likeness (QED) is 0.627. The zero-order valence-corrected chi connectivity index (χ0v) is 17.8. The number of esters is 1. The summed E-state index contributed by atoms with van der Waals surface area (Å²) in [5, 5.41) is 0.852. The van der Waals surface area contributed by atoms with Gasteiger partial charge in [-0.3, -0.25) is 0 Å². The Balaban J connectivity index is 2.44. The molecule has 1 unspecified atom stereocenters. The van der Waals surface area contributed by atoms with Crippen LogP contribution in [-0.2, 0) is 14.3 Å². The summed E-state index contributed by atoms with van der Waals surface area (Å²) in [7, 11) is 0. The highest BCUT2D eigenvalue weighted by molar-refractivity contribution is 6.42. The third kappa shape index (κ3) is 5.39. The van der Waals surface area contributed by atoms with Crippen LogP contribution in [0.25, 0.3) is 5.57 Å². The van der Waals surface area contributed by atoms with Crippen LogP contribution in [0, 0.1) is 0 Å². The van der Waals surface area contributed by atoms with E-state index < -0.39 is 17.7 Å². The van der Waals surface area contributed by atoms with E-state index in [9.17, 15) is 9.59 Å². The maximum atomic E-state index is 12.6. The molecule has 1 aliphatic rings. The van der Waals surface area contributed by atoms with Gasteiger partial charge in [0, 0.05) is 6.04 Å². The molecule has 0 bridgehead atoms. The average Bonchev–Trinajstić information content (AvgIpc) is 2.55. The van der Waals surface area contributed by atoms with Crippen LogP contribution in [0.4, 0.5) is 4.79 Å². The van der Waals surface area contributed by atoms with E-state index in [2.05, 4.69) is 0 Å². The number of ether oxygens (including phenoxy) is 2. The second-order valence-corrected chi connectivity index (χ2v) is 8.28. The molecule has 7 heteroatoms. The molecule has 0 saturated carbocycles. The molecule has 0 saturated heterocycles. The van der Waals surface area contributed by atoms with Crippen molar-refractivity contribution >= 4 is 40.8 Å². The SMILES string of the molecule is CCOC(=O)C1=C(c2ccc(Cl)c(Cl)c2)CC(C)N(C(=O)OC(C)(C)C)C1. The number of amides is 1. The lowest BCUT2D eigenvalue weighted by Gasteiger charge is -2.36. The third-order valence-electron chi connectivity index (χ3n) is 4.14. The molecule has 0 radical (unpaired) electrons. The first-order chi connectivity index (χ1) is 12.5. The molecule has 1 atom stereocenters. The number of carbonyl (C=O) groups is 2. The number of rotatable bonds is 3. The van der Waals surface area contributed by atoms with Crippen molar-refractivity contribution < 1.29 is 19.1 Å². The van der Waals surface area contributed by atoms with Crippen LogP contribution >= 0.6 is 23.2 Å². The normalized spacial score (nSPS) is 17.7. The van der Waals surface area contributed by atoms with Crippen LogP contribution in [0.1, 0.15) is 46.6 Å². The molecule has 1 aromatic rings. The maximum absolute atomic E-state index is 12.6. The molecule has 5 nitrogen and oxygen atoms in total. The van der Waals surface area contributed by atoms with Gasteiger partial charge < -0.3 is 14.4 Å². The fourth-order valence-corrected chi connectivity index (χ4v) is 3.20. The topological polar surface area (TPSA) is 55.8 Å². The van der Waals surface area contributed by atoms with E-state index in [1.165, 1.54) is 0 Å². The smallest absolute Gasteiger partial charge is 0.410 e. The number of hydrogen-bond donors (Lipinski definition) is 0. The van der Waals surface area contributed by atoms with Crippen LogP contribution < -0.4 is 0 Å². The monoisotopic (exact) mass is 413 g/mol. The van der Waals surface area contributed by atoms with Gasteiger partial charge in [0.1, 0.15) is 5.60 Å². The van der Waals surface area contributed by atoms with Crippen molar-refractivity contribution in [1.29, 1.82) is 0 Å². The maximum Gasteiger partial charge on any atom is 0.410 e. The molecule has 0 spiro atoms. The average molecular weight is 414 g/mol. The first kappa shape index (κ1) is 21.6. The van der Waals surface area contributed by atoms with Gasteiger partial charge in [0.15, 0.2) is 0 Å². The summed E-state index contributed by atoms with van der Waals surface area (Å²) in [5.74, 6) is -0.445. The van der Waals surface area contributed by atoms with Crippen LogP contribution in [0.5, 0.6) is 0 Å². The van der Waals surface area contributed by atoms with Crippen molar-refractivity contribution in [3.05, 3.63) is 39.4 Å². The van der Waals surface area contributed by atoms with Crippen molar-refractivity contribution in [3.8, 4) is 0 Å². The van der Waals surface area contributed by atoms with Gasteiger partial charge in [-0.05, 0) is 64.3 Å². The summed E-state index contributed by atoms with van der Waals surface area (Å²) >= 11 is 12.2. The summed E-state index contributed by atoms with van der Waals surface area (Å²) < 4.78 is 10.7. The summed E-state index contributed by atoms with van der Waals surface area (Å²) in [6.07, 6.45) is 0.0238. The molecule has 148 valence electrons. The van der Waals surface area contributed by atoms with Gasteiger partial charge >= 0.3 is 12.1 Å². The first-order valence-electron chi connectivity index (χ1n) is 8.87. The molecule has 1 heterocycles. The molecule has 1 aromatic carbocycles. The molecular weight excluding hydrogens is 389 g/mol. The Morgan fingerprint density at radius 3 is 2.44 bits per heavy atom. The van der Waals surface area contributed by atoms with E-state index in [1.807, 2.05) is 33.8 Å². The van der Waals surface area contributed by atoms with E-state index in [4.69, 9.17) is 32.7 Å². The van der Waals surface area contributed by atoms with Crippen LogP contribution in [-0.4, -0.2) is 41.8 Å². The fraction of sp³-hybridized carbons (Fsp3) is 0.500. The molecule has 1 aliphatic heterocycles. The van der Waals surface area contributed by atoms with Gasteiger partial charge in [0.25, 0.3) is 0 Å². The van der Waals surface area contributed by atoms with Crippen molar-refractivity contribution in [2.75, 3.05) is 13.2 Å². The van der Waals surface area contributed by atoms with Crippen LogP contribution in [0.15, 0.2) is 23.8 Å². The third-order valence-corrected chi connectivity index (χ3v) is 4.88. The summed E-state index contributed by atoms with van der Waals surface area (Å²) in [5.41, 5.74) is 1.41. The minimum Gasteiger partial charge on any atom is -0.463 e. The molecule has 2 rings (SSSR count). The van der Waals surface area contributed by atoms with Gasteiger partial charge in [0.05, 0.1) is 28.8 Å². The summed E-state index contributed by atoms with van der Waals surface area (Å²) in [6, 6.07) is 5.09. The predicted molar refractivity (Wildman–Crippen MR) is 107 cm³/mol. The molecule has 0 N–H and O–H groups in total. The van der Waals surface area contributed by atoms with Gasteiger partial charge in [-0.1, -0.05) is 29.3 Å². The van der Waals surface area contributed by atoms with Gasteiger partial charge in [-0.2, -0.15) is 0 Å². The standard InChI is InChI=1S/C20H25Cl2NO4/c1-6-26-18(24)15-11-23(19(25)27-20(3,4)5)12(2)9-14(15)13-7-8-16(21)17(22)10-13/h7-8,10,12H,6,9,11H2,1-5H3. The highest BCUT2D eigenvalue weighted by atomic mass is 35.5. The van der Waals surface area contributed by atoms with Crippen LogP contribution in [0.3, 0.4) is 0 Å². The number of hydrogen-bond acceptors (Lipinski definition) is 4. The van der Waals surface area contributed by atoms with E-state index in [0.717, 1.165) is 11.1 Å². The van der Waals surface area contributed by atoms with E-state index in [1.54, 1.807) is 24.0 Å². The van der Waals surface area contributed by atoms with Gasteiger partial charge in [-0.25, -0.2) is 9.59 Å². The summed E-state index contributed by atoms with van der Waals surface area (Å²) in [4.78, 5) is 26.7. The van der Waals surface area contributed by atoms with E-state index >= 15 is 0 Å². The van der Waals surface area contributed by atoms with Gasteiger partial charge in [0.2, 0.25) is 0 Å². The highest BCUT2D eigenvalue weighted by Gasteiger charge is 2.35. The molecular formula is C20H25Cl2NO4. The number of halogens is 2. The Hall–Kier alpha value is -1.72. The molecule has 0 aliphatic carbocycles. The Morgan fingerprint density at radius 2 is 1.89 bits per heavy atom. The molecule has 27 heavy (non-hydrogen) atoms. The minimum absolute atomic E-state index is 0.116. The molecule has 0 fully saturated rings. The summed E-state index contributed by atoms with van der Waals surface area (Å²) in [6.45, 7) is 9.45. The Morgan fingerprint density at radius 1 is 1.22 bits per heavy atom. The lowest BCUT2D eigenvalue weighted by molar-refractivity contribution is -0.138. The molecule has 1 amide bonds. The fourth-order valence-electron chi connectivity index (χ4n) is 2.90. The molecule has 0 aromatic heterocycles. The largest absolute Gasteiger partial charge is 0.463 e. The van der Waals surface area contributed by atoms with E-state index in [0.29, 0.717) is 22.0 Å². The number of carbonyl (C=O) groups excluding carboxylic acids is 2. The Bertz CT molecular complexity index is 768. The van der Waals surface area contributed by atoms with Crippen molar-refractivity contribution in [3.63, 3.8) is 0 Å². The second kappa shape index (κ2) is 8.53. The minimum atomic E-state index is -0.616. The zero-order valence-electron chi connectivity index (χ0n) is 16.3. The zero-order chi connectivity index (χ0) is 20.4. The van der Waals surface area contributed by atoms with Crippen molar-refractivity contribution in [2.24, 2.45) is 0 Å². The number of nitrogens with zero attached hydrogens (tertiary/aromatic N) is 1. The number of benzene rings is 1. The highest BCUT2D eigenvalue weighted by Crippen LogP contribution is 2.35. The van der Waals surface area contributed by atoms with E-state index in [-0.39, 0.29) is 19.2 Å². The predicted octanol–water partition coefficient (Wildman–Crippen LogP) is 5.34. The lowest BCUT2D eigenvalue weighted by atomic mass is 9.89. The van der Waals surface area contributed by atoms with Crippen molar-refractivity contribution in [2.45, 2.75) is 52.7 Å². The van der Waals surface area contributed by atoms with Crippen molar-refractivity contribution in [1.82, 2.24) is 4.90 Å². The first-order valence-corrected chi connectivity index (χ1v) is 9.63. The van der Waals surface area contributed by atoms with Crippen LogP contribution in [0.2, 0.25) is 10.0 Å². The Labute approximate surface area is 170 Å². The Kier molecular flexibility index (Phi) is 6.82. The second-order valence-electron chi connectivity index (χ2n) is 7.47. The van der Waals surface area contributed by atoms with Gasteiger partial charge in [-0.15, -0.1) is 0 Å².